The SMILES string of the molecule is Cc1cc(C(C)C)c(-c2c(F)c(F)c(C)c(F)c2F)c(C(F)(F)F)c1. The zero-order valence-electron chi connectivity index (χ0n) is 13.9. The molecule has 0 aliphatic carbocycles. The van der Waals surface area contributed by atoms with Gasteiger partial charge in [0.15, 0.2) is 23.3 Å². The molecule has 0 aliphatic rings. The third-order valence-corrected chi connectivity index (χ3v) is 3.97. The van der Waals surface area contributed by atoms with Gasteiger partial charge in [0.25, 0.3) is 0 Å². The second-order valence-electron chi connectivity index (χ2n) is 6.19. The molecule has 0 fully saturated rings. The Bertz CT molecular complexity index is 804. The maximum Gasteiger partial charge on any atom is 0.417 e. The molecule has 0 saturated heterocycles. The zero-order valence-corrected chi connectivity index (χ0v) is 13.9. The van der Waals surface area contributed by atoms with Crippen LogP contribution in [-0.4, -0.2) is 0 Å². The van der Waals surface area contributed by atoms with Crippen molar-refractivity contribution in [2.75, 3.05) is 0 Å². The van der Waals surface area contributed by atoms with Crippen molar-refractivity contribution in [1.29, 1.82) is 0 Å². The van der Waals surface area contributed by atoms with E-state index in [1.807, 2.05) is 0 Å². The van der Waals surface area contributed by atoms with E-state index in [4.69, 9.17) is 0 Å². The van der Waals surface area contributed by atoms with Crippen LogP contribution in [0.4, 0.5) is 30.7 Å². The number of aryl methyl sites for hydroxylation is 1. The van der Waals surface area contributed by atoms with Gasteiger partial charge in [-0.3, -0.25) is 0 Å². The van der Waals surface area contributed by atoms with Crippen LogP contribution in [0.3, 0.4) is 0 Å². The number of rotatable bonds is 2. The Morgan fingerprint density at radius 1 is 0.760 bits per heavy atom. The lowest BCUT2D eigenvalue weighted by Crippen LogP contribution is -2.13. The van der Waals surface area contributed by atoms with Crippen molar-refractivity contribution in [3.8, 4) is 11.1 Å². The molecule has 0 radical (unpaired) electrons. The molecule has 0 amide bonds. The summed E-state index contributed by atoms with van der Waals surface area (Å²) in [4.78, 5) is 0. The first-order valence-electron chi connectivity index (χ1n) is 7.42. The molecule has 0 saturated carbocycles. The van der Waals surface area contributed by atoms with Gasteiger partial charge >= 0.3 is 6.18 Å². The maximum atomic E-state index is 14.4. The smallest absolute Gasteiger partial charge is 0.203 e. The van der Waals surface area contributed by atoms with Gasteiger partial charge in [0.05, 0.1) is 11.1 Å². The fourth-order valence-corrected chi connectivity index (χ4v) is 2.73. The number of hydrogen-bond acceptors (Lipinski definition) is 0. The van der Waals surface area contributed by atoms with Gasteiger partial charge in [-0.2, -0.15) is 13.2 Å². The largest absolute Gasteiger partial charge is 0.417 e. The Morgan fingerprint density at radius 2 is 1.24 bits per heavy atom. The van der Waals surface area contributed by atoms with Gasteiger partial charge in [-0.1, -0.05) is 25.5 Å². The summed E-state index contributed by atoms with van der Waals surface area (Å²) in [5, 5.41) is 0. The van der Waals surface area contributed by atoms with Gasteiger partial charge in [0.1, 0.15) is 0 Å². The molecule has 25 heavy (non-hydrogen) atoms. The molecule has 0 atom stereocenters. The zero-order chi connectivity index (χ0) is 19.3. The minimum absolute atomic E-state index is 0.0484. The number of halogens is 7. The summed E-state index contributed by atoms with van der Waals surface area (Å²) < 4.78 is 96.9. The van der Waals surface area contributed by atoms with E-state index >= 15 is 0 Å². The molecule has 0 nitrogen and oxygen atoms in total. The van der Waals surface area contributed by atoms with Crippen molar-refractivity contribution in [3.05, 3.63) is 57.7 Å². The van der Waals surface area contributed by atoms with Crippen molar-refractivity contribution in [2.24, 2.45) is 0 Å². The molecule has 0 N–H and O–H groups in total. The van der Waals surface area contributed by atoms with E-state index in [1.54, 1.807) is 0 Å². The molecule has 0 bridgehead atoms. The van der Waals surface area contributed by atoms with Crippen molar-refractivity contribution in [1.82, 2.24) is 0 Å². The van der Waals surface area contributed by atoms with Crippen molar-refractivity contribution in [2.45, 2.75) is 39.8 Å². The van der Waals surface area contributed by atoms with E-state index in [0.717, 1.165) is 6.92 Å². The van der Waals surface area contributed by atoms with Gasteiger partial charge in [0.2, 0.25) is 0 Å². The Kier molecular flexibility index (Phi) is 4.90. The summed E-state index contributed by atoms with van der Waals surface area (Å²) in [6.45, 7) is 5.25. The average molecular weight is 364 g/mol. The molecule has 0 heterocycles. The summed E-state index contributed by atoms with van der Waals surface area (Å²) in [5.74, 6) is -7.67. The van der Waals surface area contributed by atoms with Crippen LogP contribution in [0.1, 0.15) is 42.0 Å². The normalized spacial score (nSPS) is 12.2. The van der Waals surface area contributed by atoms with Gasteiger partial charge in [-0.05, 0) is 31.4 Å². The topological polar surface area (TPSA) is 0 Å². The van der Waals surface area contributed by atoms with Crippen LogP contribution in [-0.2, 0) is 6.18 Å². The third-order valence-electron chi connectivity index (χ3n) is 3.97. The van der Waals surface area contributed by atoms with Gasteiger partial charge < -0.3 is 0 Å². The highest BCUT2D eigenvalue weighted by molar-refractivity contribution is 5.74. The molecule has 0 aromatic heterocycles. The fourth-order valence-electron chi connectivity index (χ4n) is 2.73. The molecule has 136 valence electrons. The predicted octanol–water partition coefficient (Wildman–Crippen LogP) is 6.67. The van der Waals surface area contributed by atoms with E-state index in [-0.39, 0.29) is 11.1 Å². The summed E-state index contributed by atoms with van der Waals surface area (Å²) in [6, 6.07) is 2.03. The lowest BCUT2D eigenvalue weighted by Gasteiger charge is -2.22. The molecule has 2 rings (SSSR count). The monoisotopic (exact) mass is 364 g/mol. The number of hydrogen-bond donors (Lipinski definition) is 0. The summed E-state index contributed by atoms with van der Waals surface area (Å²) in [5.41, 5.74) is -4.30. The lowest BCUT2D eigenvalue weighted by atomic mass is 9.86. The summed E-state index contributed by atoms with van der Waals surface area (Å²) in [7, 11) is 0. The van der Waals surface area contributed by atoms with Crippen LogP contribution in [0.5, 0.6) is 0 Å². The highest BCUT2D eigenvalue weighted by Crippen LogP contribution is 2.44. The van der Waals surface area contributed by atoms with Crippen molar-refractivity contribution >= 4 is 0 Å². The van der Waals surface area contributed by atoms with Crippen LogP contribution in [0.25, 0.3) is 11.1 Å². The highest BCUT2D eigenvalue weighted by Gasteiger charge is 2.38. The Balaban J connectivity index is 3.08. The molecule has 7 heteroatoms. The first-order valence-corrected chi connectivity index (χ1v) is 7.42. The van der Waals surface area contributed by atoms with E-state index in [1.165, 1.54) is 26.8 Å². The van der Waals surface area contributed by atoms with E-state index in [0.29, 0.717) is 6.07 Å². The standard InChI is InChI=1S/C18H15F7/c1-7(2)10-5-8(3)6-11(18(23,24)25)12(10)13-16(21)14(19)9(4)15(20)17(13)22/h5-7H,1-4H3. The molecule has 0 aliphatic heterocycles. The highest BCUT2D eigenvalue weighted by atomic mass is 19.4. The molecule has 0 unspecified atom stereocenters. The van der Waals surface area contributed by atoms with Crippen LogP contribution in [0.2, 0.25) is 0 Å². The van der Waals surface area contributed by atoms with Crippen LogP contribution in [0, 0.1) is 37.1 Å². The maximum absolute atomic E-state index is 14.4. The predicted molar refractivity (Wildman–Crippen MR) is 80.3 cm³/mol. The first-order chi connectivity index (χ1) is 11.4. The second-order valence-corrected chi connectivity index (χ2v) is 6.19. The number of alkyl halides is 3. The summed E-state index contributed by atoms with van der Waals surface area (Å²) in [6.07, 6.45) is -4.96. The van der Waals surface area contributed by atoms with Crippen LogP contribution < -0.4 is 0 Å². The minimum atomic E-state index is -4.96. The quantitative estimate of drug-likeness (QED) is 0.412. The van der Waals surface area contributed by atoms with Crippen molar-refractivity contribution < 1.29 is 30.7 Å². The van der Waals surface area contributed by atoms with Gasteiger partial charge in [-0.15, -0.1) is 0 Å². The summed E-state index contributed by atoms with van der Waals surface area (Å²) >= 11 is 0. The Hall–Kier alpha value is -2.05. The molecule has 2 aromatic carbocycles. The van der Waals surface area contributed by atoms with E-state index in [2.05, 4.69) is 0 Å². The Morgan fingerprint density at radius 3 is 1.64 bits per heavy atom. The van der Waals surface area contributed by atoms with Gasteiger partial charge in [-0.25, -0.2) is 17.6 Å². The van der Waals surface area contributed by atoms with Crippen LogP contribution >= 0.6 is 0 Å². The van der Waals surface area contributed by atoms with E-state index in [9.17, 15) is 30.7 Å². The van der Waals surface area contributed by atoms with Crippen LogP contribution in [0.15, 0.2) is 12.1 Å². The minimum Gasteiger partial charge on any atom is -0.203 e. The third kappa shape index (κ3) is 3.24. The van der Waals surface area contributed by atoms with E-state index < -0.39 is 57.6 Å². The van der Waals surface area contributed by atoms with Crippen molar-refractivity contribution in [3.63, 3.8) is 0 Å². The first kappa shape index (κ1) is 19.3. The molecular formula is C18H15F7. The lowest BCUT2D eigenvalue weighted by molar-refractivity contribution is -0.137. The molecule has 2 aromatic rings. The van der Waals surface area contributed by atoms with Gasteiger partial charge in [0, 0.05) is 11.1 Å². The number of benzene rings is 2. The average Bonchev–Trinajstić information content (AvgIpc) is 2.50. The fraction of sp³-hybridized carbons (Fsp3) is 0.333. The molecule has 0 spiro atoms. The second kappa shape index (κ2) is 6.35. The Labute approximate surface area is 140 Å². The molecular weight excluding hydrogens is 349 g/mol.